The van der Waals surface area contributed by atoms with Crippen LogP contribution in [0.1, 0.15) is 17.4 Å². The molecule has 4 nitrogen and oxygen atoms in total. The molecule has 0 fully saturated rings. The molecule has 1 aromatic heterocycles. The molecule has 0 bridgehead atoms. The van der Waals surface area contributed by atoms with Gasteiger partial charge < -0.3 is 5.11 Å². The van der Waals surface area contributed by atoms with E-state index in [0.717, 1.165) is 0 Å². The molecule has 1 N–H and O–H groups in total. The highest BCUT2D eigenvalue weighted by Gasteiger charge is 2.18. The molecule has 0 saturated carbocycles. The van der Waals surface area contributed by atoms with Crippen molar-refractivity contribution in [1.82, 2.24) is 15.0 Å². The van der Waals surface area contributed by atoms with Crippen LogP contribution in [0.15, 0.2) is 24.4 Å². The first-order chi connectivity index (χ1) is 8.08. The van der Waals surface area contributed by atoms with Crippen LogP contribution in [0.4, 0.5) is 4.39 Å². The van der Waals surface area contributed by atoms with Gasteiger partial charge >= 0.3 is 0 Å². The average Bonchev–Trinajstić information content (AvgIpc) is 2.63. The maximum Gasteiger partial charge on any atom is 0.130 e. The molecule has 2 rings (SSSR count). The van der Waals surface area contributed by atoms with E-state index < -0.39 is 11.9 Å². The summed E-state index contributed by atoms with van der Waals surface area (Å²) in [6.07, 6.45) is 0.812. The van der Waals surface area contributed by atoms with Crippen LogP contribution < -0.4 is 0 Å². The van der Waals surface area contributed by atoms with Crippen molar-refractivity contribution in [1.29, 1.82) is 0 Å². The lowest BCUT2D eigenvalue weighted by molar-refractivity contribution is 0.172. The summed E-state index contributed by atoms with van der Waals surface area (Å²) in [6.45, 7) is 0. The largest absolute Gasteiger partial charge is 0.388 e. The van der Waals surface area contributed by atoms with Gasteiger partial charge in [-0.25, -0.2) is 4.39 Å². The van der Waals surface area contributed by atoms with Crippen LogP contribution in [-0.2, 0) is 13.5 Å². The zero-order valence-electron chi connectivity index (χ0n) is 9.14. The lowest BCUT2D eigenvalue weighted by atomic mass is 10.0. The minimum absolute atomic E-state index is 0.0971. The summed E-state index contributed by atoms with van der Waals surface area (Å²) in [5, 5.41) is 17.7. The van der Waals surface area contributed by atoms with Crippen LogP contribution in [0, 0.1) is 5.82 Å². The summed E-state index contributed by atoms with van der Waals surface area (Å²) < 4.78 is 15.0. The Morgan fingerprint density at radius 1 is 1.53 bits per heavy atom. The fourth-order valence-electron chi connectivity index (χ4n) is 1.62. The summed E-state index contributed by atoms with van der Waals surface area (Å²) in [5.74, 6) is -0.520. The van der Waals surface area contributed by atoms with Gasteiger partial charge in [0.05, 0.1) is 11.8 Å². The summed E-state index contributed by atoms with van der Waals surface area (Å²) in [7, 11) is 1.72. The predicted molar refractivity (Wildman–Crippen MR) is 61.1 cm³/mol. The number of aliphatic hydroxyl groups is 1. The van der Waals surface area contributed by atoms with Gasteiger partial charge in [0.2, 0.25) is 0 Å². The molecule has 90 valence electrons. The van der Waals surface area contributed by atoms with E-state index in [2.05, 4.69) is 10.3 Å². The van der Waals surface area contributed by atoms with Crippen LogP contribution >= 0.6 is 11.6 Å². The third-order valence-corrected chi connectivity index (χ3v) is 2.72. The first-order valence-electron chi connectivity index (χ1n) is 5.05. The lowest BCUT2D eigenvalue weighted by Gasteiger charge is -2.11. The van der Waals surface area contributed by atoms with E-state index in [9.17, 15) is 9.50 Å². The first-order valence-corrected chi connectivity index (χ1v) is 5.43. The molecule has 0 aliphatic heterocycles. The topological polar surface area (TPSA) is 50.9 Å². The number of hydrogen-bond donors (Lipinski definition) is 1. The summed E-state index contributed by atoms with van der Waals surface area (Å²) in [4.78, 5) is 0. The number of halogens is 2. The zero-order chi connectivity index (χ0) is 12.4. The van der Waals surface area contributed by atoms with Crippen molar-refractivity contribution in [2.24, 2.45) is 7.05 Å². The van der Waals surface area contributed by atoms with Gasteiger partial charge in [-0.05, 0) is 12.1 Å². The Hall–Kier alpha value is -1.46. The number of aryl methyl sites for hydroxylation is 1. The van der Waals surface area contributed by atoms with E-state index in [1.165, 1.54) is 16.8 Å². The Labute approximate surface area is 103 Å². The van der Waals surface area contributed by atoms with Gasteiger partial charge in [0.25, 0.3) is 0 Å². The smallest absolute Gasteiger partial charge is 0.130 e. The van der Waals surface area contributed by atoms with Gasteiger partial charge in [-0.2, -0.15) is 0 Å². The average molecular weight is 256 g/mol. The molecule has 1 atom stereocenters. The Bertz CT molecular complexity index is 509. The van der Waals surface area contributed by atoms with Crippen molar-refractivity contribution in [3.63, 3.8) is 0 Å². The van der Waals surface area contributed by atoms with Gasteiger partial charge in [-0.3, -0.25) is 4.68 Å². The molecule has 0 aliphatic rings. The van der Waals surface area contributed by atoms with E-state index in [1.807, 2.05) is 0 Å². The first kappa shape index (κ1) is 12.0. The number of benzene rings is 1. The van der Waals surface area contributed by atoms with Crippen LogP contribution in [0.3, 0.4) is 0 Å². The van der Waals surface area contributed by atoms with Crippen LogP contribution in [0.5, 0.6) is 0 Å². The van der Waals surface area contributed by atoms with Crippen molar-refractivity contribution in [3.8, 4) is 0 Å². The third kappa shape index (κ3) is 2.62. The second-order valence-electron chi connectivity index (χ2n) is 3.74. The minimum Gasteiger partial charge on any atom is -0.388 e. The minimum atomic E-state index is -1.03. The molecule has 1 unspecified atom stereocenters. The van der Waals surface area contributed by atoms with E-state index >= 15 is 0 Å². The highest BCUT2D eigenvalue weighted by Crippen LogP contribution is 2.27. The highest BCUT2D eigenvalue weighted by molar-refractivity contribution is 6.31. The van der Waals surface area contributed by atoms with Gasteiger partial charge in [-0.1, -0.05) is 22.9 Å². The van der Waals surface area contributed by atoms with E-state index in [1.54, 1.807) is 19.3 Å². The monoisotopic (exact) mass is 255 g/mol. The fraction of sp³-hybridized carbons (Fsp3) is 0.273. The molecule has 0 amide bonds. The highest BCUT2D eigenvalue weighted by atomic mass is 35.5. The second-order valence-corrected chi connectivity index (χ2v) is 4.15. The Kier molecular flexibility index (Phi) is 3.40. The molecule has 2 aromatic rings. The summed E-state index contributed by atoms with van der Waals surface area (Å²) in [6, 6.07) is 4.30. The second kappa shape index (κ2) is 4.81. The maximum absolute atomic E-state index is 13.5. The van der Waals surface area contributed by atoms with Gasteiger partial charge in [-0.15, -0.1) is 5.10 Å². The molecule has 0 aliphatic carbocycles. The standard InChI is InChI=1S/C11H11ClFN3O/c1-16-6-7(14-15-16)5-10(17)11-8(12)3-2-4-9(11)13/h2-4,6,10,17H,5H2,1H3. The number of aromatic nitrogens is 3. The van der Waals surface area contributed by atoms with Crippen LogP contribution in [-0.4, -0.2) is 20.1 Å². The molecular weight excluding hydrogens is 245 g/mol. The van der Waals surface area contributed by atoms with Crippen molar-refractivity contribution in [3.05, 3.63) is 46.5 Å². The van der Waals surface area contributed by atoms with Gasteiger partial charge in [0, 0.05) is 30.3 Å². The Morgan fingerprint density at radius 3 is 2.88 bits per heavy atom. The third-order valence-electron chi connectivity index (χ3n) is 2.39. The molecule has 0 spiro atoms. The summed E-state index contributed by atoms with van der Waals surface area (Å²) in [5.41, 5.74) is 0.680. The van der Waals surface area contributed by atoms with Crippen LogP contribution in [0.2, 0.25) is 5.02 Å². The fourth-order valence-corrected chi connectivity index (χ4v) is 1.91. The Morgan fingerprint density at radius 2 is 2.29 bits per heavy atom. The van der Waals surface area contributed by atoms with Gasteiger partial charge in [0.1, 0.15) is 5.82 Å². The Balaban J connectivity index is 2.22. The van der Waals surface area contributed by atoms with Crippen molar-refractivity contribution >= 4 is 11.6 Å². The SMILES string of the molecule is Cn1cc(CC(O)c2c(F)cccc2Cl)nn1. The molecule has 1 aromatic carbocycles. The van der Waals surface area contributed by atoms with E-state index in [0.29, 0.717) is 5.69 Å². The predicted octanol–water partition coefficient (Wildman–Crippen LogP) is 1.88. The van der Waals surface area contributed by atoms with Gasteiger partial charge in [0.15, 0.2) is 0 Å². The van der Waals surface area contributed by atoms with Crippen LogP contribution in [0.25, 0.3) is 0 Å². The maximum atomic E-state index is 13.5. The normalized spacial score (nSPS) is 12.7. The number of aliphatic hydroxyl groups excluding tert-OH is 1. The molecule has 0 saturated heterocycles. The molecular formula is C11H11ClFN3O. The molecule has 0 radical (unpaired) electrons. The number of hydrogen-bond acceptors (Lipinski definition) is 3. The molecule has 6 heteroatoms. The van der Waals surface area contributed by atoms with Crippen molar-refractivity contribution in [2.75, 3.05) is 0 Å². The number of nitrogens with zero attached hydrogens (tertiary/aromatic N) is 3. The zero-order valence-corrected chi connectivity index (χ0v) is 9.89. The van der Waals surface area contributed by atoms with Crippen molar-refractivity contribution < 1.29 is 9.50 Å². The number of rotatable bonds is 3. The van der Waals surface area contributed by atoms with E-state index in [-0.39, 0.29) is 17.0 Å². The summed E-state index contributed by atoms with van der Waals surface area (Å²) >= 11 is 5.85. The van der Waals surface area contributed by atoms with E-state index in [4.69, 9.17) is 11.6 Å². The lowest BCUT2D eigenvalue weighted by Crippen LogP contribution is -2.05. The molecule has 1 heterocycles. The molecule has 17 heavy (non-hydrogen) atoms. The van der Waals surface area contributed by atoms with Crippen molar-refractivity contribution in [2.45, 2.75) is 12.5 Å². The quantitative estimate of drug-likeness (QED) is 0.911.